The summed E-state index contributed by atoms with van der Waals surface area (Å²) >= 11 is 0. The molecule has 0 bridgehead atoms. The normalized spacial score (nSPS) is 10.8. The van der Waals surface area contributed by atoms with Crippen LogP contribution in [0.1, 0.15) is 42.6 Å². The summed E-state index contributed by atoms with van der Waals surface area (Å²) < 4.78 is 37.9. The molecular weight excluding hydrogens is 341 g/mol. The average Bonchev–Trinajstić information content (AvgIpc) is 2.62. The lowest BCUT2D eigenvalue weighted by Crippen LogP contribution is -2.22. The van der Waals surface area contributed by atoms with E-state index in [1.165, 1.54) is 31.2 Å². The van der Waals surface area contributed by atoms with Gasteiger partial charge in [-0.25, -0.2) is 13.2 Å². The molecule has 0 aliphatic rings. The summed E-state index contributed by atoms with van der Waals surface area (Å²) in [6.07, 6.45) is 1.86. The summed E-state index contributed by atoms with van der Waals surface area (Å²) in [4.78, 5) is 14.7. The van der Waals surface area contributed by atoms with Gasteiger partial charge in [-0.15, -0.1) is 0 Å². The van der Waals surface area contributed by atoms with Gasteiger partial charge in [0.2, 0.25) is 0 Å². The van der Waals surface area contributed by atoms with Crippen LogP contribution >= 0.6 is 0 Å². The number of amidine groups is 1. The minimum absolute atomic E-state index is 0.112. The molecule has 0 heterocycles. The summed E-state index contributed by atoms with van der Waals surface area (Å²) in [7, 11) is 1.71. The number of benzene rings is 2. The van der Waals surface area contributed by atoms with Crippen LogP contribution in [0.5, 0.6) is 0 Å². The number of nitrogens with one attached hydrogen (secondary N) is 1. The van der Waals surface area contributed by atoms with Crippen LogP contribution in [-0.2, 0) is 6.54 Å². The van der Waals surface area contributed by atoms with Crippen molar-refractivity contribution in [3.8, 4) is 0 Å². The fraction of sp³-hybridized carbons (Fsp3) is 0.300. The van der Waals surface area contributed by atoms with E-state index in [4.69, 9.17) is 0 Å². The highest BCUT2D eigenvalue weighted by Crippen LogP contribution is 2.08. The largest absolute Gasteiger partial charge is 0.370 e. The second-order valence-corrected chi connectivity index (χ2v) is 5.59. The van der Waals surface area contributed by atoms with E-state index in [2.05, 4.69) is 17.2 Å². The Bertz CT molecular complexity index is 760. The Morgan fingerprint density at radius 1 is 1.08 bits per heavy atom. The molecule has 2 aromatic rings. The van der Waals surface area contributed by atoms with Gasteiger partial charge in [0.25, 0.3) is 0 Å². The van der Waals surface area contributed by atoms with Gasteiger partial charge in [0.05, 0.1) is 5.84 Å². The summed E-state index contributed by atoms with van der Waals surface area (Å²) in [6.45, 7) is 3.93. The predicted molar refractivity (Wildman–Crippen MR) is 97.9 cm³/mol. The van der Waals surface area contributed by atoms with Crippen LogP contribution in [0, 0.1) is 17.5 Å². The molecule has 1 N–H and O–H groups in total. The highest BCUT2D eigenvalue weighted by atomic mass is 19.2. The lowest BCUT2D eigenvalue weighted by molar-refractivity contribution is 0.101. The third kappa shape index (κ3) is 7.51. The molecule has 2 aromatic carbocycles. The molecule has 0 saturated carbocycles. The first-order valence-electron chi connectivity index (χ1n) is 8.27. The van der Waals surface area contributed by atoms with Crippen molar-refractivity contribution in [2.24, 2.45) is 4.99 Å². The second kappa shape index (κ2) is 11.1. The number of hydrogen-bond donors (Lipinski definition) is 1. The van der Waals surface area contributed by atoms with E-state index in [9.17, 15) is 18.0 Å². The Morgan fingerprint density at radius 3 is 2.31 bits per heavy atom. The van der Waals surface area contributed by atoms with E-state index >= 15 is 0 Å². The second-order valence-electron chi connectivity index (χ2n) is 5.59. The SMILES string of the molecule is CC(=O)c1cccc(F)c1.CCCC(=NC)NCc1ccc(F)c(F)c1. The monoisotopic (exact) mass is 364 g/mol. The Hall–Kier alpha value is -2.63. The van der Waals surface area contributed by atoms with Crippen molar-refractivity contribution in [2.45, 2.75) is 33.2 Å². The number of rotatable bonds is 5. The van der Waals surface area contributed by atoms with Gasteiger partial charge < -0.3 is 5.32 Å². The van der Waals surface area contributed by atoms with Crippen LogP contribution in [0.4, 0.5) is 13.2 Å². The van der Waals surface area contributed by atoms with Gasteiger partial charge in [-0.1, -0.05) is 25.1 Å². The summed E-state index contributed by atoms with van der Waals surface area (Å²) in [6, 6.07) is 9.54. The van der Waals surface area contributed by atoms with Crippen molar-refractivity contribution in [3.05, 3.63) is 71.0 Å². The number of ketones is 1. The van der Waals surface area contributed by atoms with Gasteiger partial charge in [0, 0.05) is 25.6 Å². The van der Waals surface area contributed by atoms with Gasteiger partial charge in [0.1, 0.15) is 5.82 Å². The lowest BCUT2D eigenvalue weighted by atomic mass is 10.1. The molecule has 0 atom stereocenters. The van der Waals surface area contributed by atoms with E-state index < -0.39 is 11.6 Å². The van der Waals surface area contributed by atoms with Crippen molar-refractivity contribution in [1.82, 2.24) is 5.32 Å². The van der Waals surface area contributed by atoms with Crippen molar-refractivity contribution >= 4 is 11.6 Å². The van der Waals surface area contributed by atoms with Gasteiger partial charge >= 0.3 is 0 Å². The molecule has 0 unspecified atom stereocenters. The zero-order valence-electron chi connectivity index (χ0n) is 15.2. The molecular formula is C20H23F3N2O. The van der Waals surface area contributed by atoms with Crippen LogP contribution in [-0.4, -0.2) is 18.7 Å². The maximum Gasteiger partial charge on any atom is 0.159 e. The number of carbonyl (C=O) groups is 1. The zero-order chi connectivity index (χ0) is 19.5. The fourth-order valence-corrected chi connectivity index (χ4v) is 2.08. The standard InChI is InChI=1S/C12H16F2N2.C8H7FO/c1-3-4-12(15-2)16-8-9-5-6-10(13)11(14)7-9;1-6(10)7-3-2-4-8(9)5-7/h5-7H,3-4,8H2,1-2H3,(H,15,16);2-5H,1H3. The number of halogens is 3. The Balaban J connectivity index is 0.000000289. The first-order valence-corrected chi connectivity index (χ1v) is 8.27. The van der Waals surface area contributed by atoms with E-state index in [0.717, 1.165) is 24.7 Å². The van der Waals surface area contributed by atoms with E-state index in [1.807, 2.05) is 0 Å². The van der Waals surface area contributed by atoms with E-state index in [-0.39, 0.29) is 11.6 Å². The van der Waals surface area contributed by atoms with E-state index in [1.54, 1.807) is 19.2 Å². The summed E-state index contributed by atoms with van der Waals surface area (Å²) in [5, 5.41) is 3.09. The number of hydrogen-bond acceptors (Lipinski definition) is 2. The maximum absolute atomic E-state index is 12.9. The van der Waals surface area contributed by atoms with Crippen molar-refractivity contribution in [3.63, 3.8) is 0 Å². The van der Waals surface area contributed by atoms with Crippen LogP contribution in [0.2, 0.25) is 0 Å². The molecule has 26 heavy (non-hydrogen) atoms. The highest BCUT2D eigenvalue weighted by molar-refractivity contribution is 5.93. The van der Waals surface area contributed by atoms with Gasteiger partial charge in [-0.05, 0) is 43.2 Å². The van der Waals surface area contributed by atoms with Crippen LogP contribution < -0.4 is 5.32 Å². The Morgan fingerprint density at radius 2 is 1.81 bits per heavy atom. The van der Waals surface area contributed by atoms with Gasteiger partial charge in [-0.2, -0.15) is 0 Å². The third-order valence-electron chi connectivity index (χ3n) is 3.47. The first kappa shape index (κ1) is 21.4. The maximum atomic E-state index is 12.9. The minimum Gasteiger partial charge on any atom is -0.370 e. The molecule has 0 spiro atoms. The van der Waals surface area contributed by atoms with Crippen molar-refractivity contribution in [1.29, 1.82) is 0 Å². The van der Waals surface area contributed by atoms with Gasteiger partial charge in [0.15, 0.2) is 17.4 Å². The minimum atomic E-state index is -0.818. The van der Waals surface area contributed by atoms with Gasteiger partial charge in [-0.3, -0.25) is 9.79 Å². The molecule has 6 heteroatoms. The highest BCUT2D eigenvalue weighted by Gasteiger charge is 2.03. The summed E-state index contributed by atoms with van der Waals surface area (Å²) in [5.74, 6) is -1.23. The fourth-order valence-electron chi connectivity index (χ4n) is 2.08. The Kier molecular flexibility index (Phi) is 9.12. The first-order chi connectivity index (χ1) is 12.4. The number of nitrogens with zero attached hydrogens (tertiary/aromatic N) is 1. The molecule has 0 aromatic heterocycles. The molecule has 2 rings (SSSR count). The lowest BCUT2D eigenvalue weighted by Gasteiger charge is -2.08. The molecule has 140 valence electrons. The van der Waals surface area contributed by atoms with Crippen molar-refractivity contribution < 1.29 is 18.0 Å². The molecule has 0 amide bonds. The molecule has 3 nitrogen and oxygen atoms in total. The zero-order valence-corrected chi connectivity index (χ0v) is 15.2. The molecule has 0 fully saturated rings. The topological polar surface area (TPSA) is 41.5 Å². The smallest absolute Gasteiger partial charge is 0.159 e. The molecule has 0 aliphatic heterocycles. The average molecular weight is 364 g/mol. The molecule has 0 aliphatic carbocycles. The Labute approximate surface area is 152 Å². The predicted octanol–water partition coefficient (Wildman–Crippen LogP) is 4.91. The van der Waals surface area contributed by atoms with Crippen molar-refractivity contribution in [2.75, 3.05) is 7.05 Å². The number of carbonyl (C=O) groups excluding carboxylic acids is 1. The quantitative estimate of drug-likeness (QED) is 0.465. The van der Waals surface area contributed by atoms with Crippen LogP contribution in [0.3, 0.4) is 0 Å². The van der Waals surface area contributed by atoms with E-state index in [0.29, 0.717) is 17.7 Å². The third-order valence-corrected chi connectivity index (χ3v) is 3.47. The number of Topliss-reactive ketones (excluding diaryl/α,β-unsaturated/α-hetero) is 1. The van der Waals surface area contributed by atoms with Crippen LogP contribution in [0.15, 0.2) is 47.5 Å². The van der Waals surface area contributed by atoms with Crippen LogP contribution in [0.25, 0.3) is 0 Å². The number of aliphatic imine (C=N–C) groups is 1. The molecule has 0 saturated heterocycles. The summed E-state index contributed by atoms with van der Waals surface area (Å²) in [5.41, 5.74) is 1.12. The molecule has 0 radical (unpaired) electrons.